The van der Waals surface area contributed by atoms with Crippen LogP contribution in [0.4, 0.5) is 0 Å². The van der Waals surface area contributed by atoms with Crippen LogP contribution in [0.3, 0.4) is 0 Å². The summed E-state index contributed by atoms with van der Waals surface area (Å²) >= 11 is 4.46. The lowest BCUT2D eigenvalue weighted by molar-refractivity contribution is 0.0997. The van der Waals surface area contributed by atoms with Crippen LogP contribution in [0.2, 0.25) is 0 Å². The Kier molecular flexibility index (Phi) is 5.97. The summed E-state index contributed by atoms with van der Waals surface area (Å²) in [5.74, 6) is 0.390. The fourth-order valence-corrected chi connectivity index (χ4v) is 3.13. The summed E-state index contributed by atoms with van der Waals surface area (Å²) in [6.07, 6.45) is 1.57. The molecule has 0 aliphatic carbocycles. The molecule has 2 N–H and O–H groups in total. The summed E-state index contributed by atoms with van der Waals surface area (Å²) in [5.41, 5.74) is 9.19. The van der Waals surface area contributed by atoms with Crippen molar-refractivity contribution in [1.82, 2.24) is 0 Å². The van der Waals surface area contributed by atoms with Crippen molar-refractivity contribution in [3.8, 4) is 5.75 Å². The fourth-order valence-electron chi connectivity index (χ4n) is 2.79. The number of carbonyl (C=O) groups is 1. The summed E-state index contributed by atoms with van der Waals surface area (Å²) < 4.78 is 5.81. The van der Waals surface area contributed by atoms with Gasteiger partial charge in [-0.25, -0.2) is 0 Å². The molecule has 3 aromatic rings. The molecule has 132 valence electrons. The molecule has 0 heterocycles. The number of ether oxygens (including phenoxy) is 1. The lowest BCUT2D eigenvalue weighted by Gasteiger charge is -2.10. The van der Waals surface area contributed by atoms with Crippen molar-refractivity contribution in [2.24, 2.45) is 5.73 Å². The van der Waals surface area contributed by atoms with E-state index in [1.165, 1.54) is 5.56 Å². The average Bonchev–Trinajstić information content (AvgIpc) is 2.65. The van der Waals surface area contributed by atoms with Gasteiger partial charge in [-0.2, -0.15) is 0 Å². The molecule has 0 atom stereocenters. The number of carbonyl (C=O) groups excluding carboxylic acids is 1. The third kappa shape index (κ3) is 4.67. The first kappa shape index (κ1) is 18.1. The highest BCUT2D eigenvalue weighted by atomic mass is 32.1. The molecule has 0 aliphatic heterocycles. The van der Waals surface area contributed by atoms with Crippen LogP contribution in [0.1, 0.15) is 27.0 Å². The minimum Gasteiger partial charge on any atom is -0.493 e. The molecule has 3 rings (SSSR count). The molecule has 3 nitrogen and oxygen atoms in total. The van der Waals surface area contributed by atoms with Crippen LogP contribution in [0.15, 0.2) is 77.7 Å². The number of amides is 1. The molecule has 0 unspecified atom stereocenters. The van der Waals surface area contributed by atoms with E-state index < -0.39 is 5.91 Å². The van der Waals surface area contributed by atoms with Crippen LogP contribution < -0.4 is 10.5 Å². The lowest BCUT2D eigenvalue weighted by atomic mass is 10.0. The molecular formula is C22H21NO2S. The molecule has 0 saturated carbocycles. The smallest absolute Gasteiger partial charge is 0.249 e. The number of rotatable bonds is 7. The van der Waals surface area contributed by atoms with Crippen molar-refractivity contribution in [1.29, 1.82) is 0 Å². The monoisotopic (exact) mass is 363 g/mol. The first-order chi connectivity index (χ1) is 12.6. The van der Waals surface area contributed by atoms with Gasteiger partial charge in [0, 0.05) is 11.3 Å². The fraction of sp³-hybridized carbons (Fsp3) is 0.136. The van der Waals surface area contributed by atoms with Crippen molar-refractivity contribution in [2.75, 3.05) is 6.61 Å². The van der Waals surface area contributed by atoms with Crippen molar-refractivity contribution in [2.45, 2.75) is 17.7 Å². The zero-order valence-corrected chi connectivity index (χ0v) is 15.3. The number of benzene rings is 3. The van der Waals surface area contributed by atoms with E-state index >= 15 is 0 Å². The van der Waals surface area contributed by atoms with Gasteiger partial charge in [-0.15, -0.1) is 12.6 Å². The minimum absolute atomic E-state index is 0.451. The van der Waals surface area contributed by atoms with Crippen LogP contribution in [0.5, 0.6) is 5.75 Å². The van der Waals surface area contributed by atoms with Gasteiger partial charge in [-0.1, -0.05) is 54.6 Å². The topological polar surface area (TPSA) is 52.3 Å². The number of hydrogen-bond donors (Lipinski definition) is 2. The van der Waals surface area contributed by atoms with E-state index in [2.05, 4.69) is 24.8 Å². The van der Waals surface area contributed by atoms with Gasteiger partial charge in [0.2, 0.25) is 5.91 Å². The lowest BCUT2D eigenvalue weighted by Crippen LogP contribution is -2.12. The van der Waals surface area contributed by atoms with Crippen LogP contribution in [-0.2, 0) is 12.8 Å². The SMILES string of the molecule is NC(=O)c1cccc(Cc2ccc(OCCc3ccccc3)cc2)c1S. The quantitative estimate of drug-likeness (QED) is 0.616. The van der Waals surface area contributed by atoms with Crippen molar-refractivity contribution in [3.05, 3.63) is 95.1 Å². The van der Waals surface area contributed by atoms with Crippen molar-refractivity contribution < 1.29 is 9.53 Å². The Hall–Kier alpha value is -2.72. The molecule has 0 spiro atoms. The first-order valence-electron chi connectivity index (χ1n) is 8.50. The van der Waals surface area contributed by atoms with Crippen LogP contribution in [-0.4, -0.2) is 12.5 Å². The molecule has 0 aliphatic rings. The second kappa shape index (κ2) is 8.59. The van der Waals surface area contributed by atoms with E-state index in [0.29, 0.717) is 23.5 Å². The number of nitrogens with two attached hydrogens (primary N) is 1. The van der Waals surface area contributed by atoms with E-state index in [9.17, 15) is 4.79 Å². The maximum Gasteiger partial charge on any atom is 0.249 e. The van der Waals surface area contributed by atoms with E-state index in [-0.39, 0.29) is 0 Å². The van der Waals surface area contributed by atoms with E-state index in [4.69, 9.17) is 10.5 Å². The largest absolute Gasteiger partial charge is 0.493 e. The highest BCUT2D eigenvalue weighted by molar-refractivity contribution is 7.80. The molecule has 0 radical (unpaired) electrons. The Bertz CT molecular complexity index is 876. The second-order valence-electron chi connectivity index (χ2n) is 6.08. The minimum atomic E-state index is -0.459. The third-order valence-corrected chi connectivity index (χ3v) is 4.73. The Morgan fingerprint density at radius 1 is 0.885 bits per heavy atom. The average molecular weight is 363 g/mol. The Labute approximate surface area is 159 Å². The van der Waals surface area contributed by atoms with Gasteiger partial charge in [0.15, 0.2) is 0 Å². The van der Waals surface area contributed by atoms with Crippen molar-refractivity contribution >= 4 is 18.5 Å². The molecule has 4 heteroatoms. The number of primary amides is 1. The molecule has 26 heavy (non-hydrogen) atoms. The molecule has 3 aromatic carbocycles. The molecule has 0 fully saturated rings. The summed E-state index contributed by atoms with van der Waals surface area (Å²) in [4.78, 5) is 12.1. The van der Waals surface area contributed by atoms with Crippen LogP contribution in [0.25, 0.3) is 0 Å². The summed E-state index contributed by atoms with van der Waals surface area (Å²) in [7, 11) is 0. The zero-order chi connectivity index (χ0) is 18.4. The number of thiol groups is 1. The maximum atomic E-state index is 11.4. The van der Waals surface area contributed by atoms with Gasteiger partial charge in [-0.05, 0) is 41.3 Å². The molecule has 0 aromatic heterocycles. The molecule has 0 bridgehead atoms. The van der Waals surface area contributed by atoms with Crippen molar-refractivity contribution in [3.63, 3.8) is 0 Å². The van der Waals surface area contributed by atoms with Gasteiger partial charge in [0.25, 0.3) is 0 Å². The standard InChI is InChI=1S/C22H21NO2S/c23-22(24)20-8-4-7-18(21(20)26)15-17-9-11-19(12-10-17)25-14-13-16-5-2-1-3-6-16/h1-12,26H,13-15H2,(H2,23,24). The van der Waals surface area contributed by atoms with E-state index in [0.717, 1.165) is 23.3 Å². The predicted molar refractivity (Wildman–Crippen MR) is 107 cm³/mol. The first-order valence-corrected chi connectivity index (χ1v) is 8.94. The normalized spacial score (nSPS) is 10.5. The van der Waals surface area contributed by atoms with E-state index in [1.54, 1.807) is 6.07 Å². The van der Waals surface area contributed by atoms with Gasteiger partial charge >= 0.3 is 0 Å². The Morgan fingerprint density at radius 3 is 2.31 bits per heavy atom. The maximum absolute atomic E-state index is 11.4. The Balaban J connectivity index is 1.60. The highest BCUT2D eigenvalue weighted by Crippen LogP contribution is 2.23. The highest BCUT2D eigenvalue weighted by Gasteiger charge is 2.09. The van der Waals surface area contributed by atoms with Gasteiger partial charge in [0.05, 0.1) is 12.2 Å². The van der Waals surface area contributed by atoms with Gasteiger partial charge < -0.3 is 10.5 Å². The van der Waals surface area contributed by atoms with E-state index in [1.807, 2.05) is 54.6 Å². The predicted octanol–water partition coefficient (Wildman–Crippen LogP) is 4.29. The Morgan fingerprint density at radius 2 is 1.62 bits per heavy atom. The zero-order valence-electron chi connectivity index (χ0n) is 14.4. The molecule has 0 saturated heterocycles. The number of hydrogen-bond acceptors (Lipinski definition) is 3. The summed E-state index contributed by atoms with van der Waals surface area (Å²) in [6.45, 7) is 0.644. The third-order valence-electron chi connectivity index (χ3n) is 4.21. The molecular weight excluding hydrogens is 342 g/mol. The summed E-state index contributed by atoms with van der Waals surface area (Å²) in [6, 6.07) is 23.8. The molecule has 1 amide bonds. The summed E-state index contributed by atoms with van der Waals surface area (Å²) in [5, 5.41) is 0. The second-order valence-corrected chi connectivity index (χ2v) is 6.53. The van der Waals surface area contributed by atoms with Crippen LogP contribution in [0, 0.1) is 0 Å². The van der Waals surface area contributed by atoms with Gasteiger partial charge in [0.1, 0.15) is 5.75 Å². The van der Waals surface area contributed by atoms with Gasteiger partial charge in [-0.3, -0.25) is 4.79 Å². The van der Waals surface area contributed by atoms with Crippen LogP contribution >= 0.6 is 12.6 Å².